The lowest BCUT2D eigenvalue weighted by atomic mass is 10.0. The van der Waals surface area contributed by atoms with E-state index in [9.17, 15) is 0 Å². The highest BCUT2D eigenvalue weighted by Gasteiger charge is 2.23. The van der Waals surface area contributed by atoms with Crippen LogP contribution in [0.1, 0.15) is 36.8 Å². The molecule has 0 aromatic heterocycles. The van der Waals surface area contributed by atoms with Gasteiger partial charge in [-0.15, -0.1) is 0 Å². The maximum atomic E-state index is 3.56. The van der Waals surface area contributed by atoms with Crippen molar-refractivity contribution in [1.29, 1.82) is 0 Å². The summed E-state index contributed by atoms with van der Waals surface area (Å²) in [6.45, 7) is 4.53. The van der Waals surface area contributed by atoms with Crippen molar-refractivity contribution in [2.45, 2.75) is 44.8 Å². The number of benzene rings is 1. The summed E-state index contributed by atoms with van der Waals surface area (Å²) in [7, 11) is 0. The van der Waals surface area contributed by atoms with Crippen LogP contribution in [0.15, 0.2) is 24.3 Å². The quantitative estimate of drug-likeness (QED) is 0.797. The zero-order valence-corrected chi connectivity index (χ0v) is 10.5. The second kappa shape index (κ2) is 5.19. The molecule has 1 aliphatic heterocycles. The van der Waals surface area contributed by atoms with Crippen molar-refractivity contribution in [1.82, 2.24) is 10.2 Å². The fraction of sp³-hybridized carbons (Fsp3) is 0.600. The molecule has 0 radical (unpaired) electrons. The zero-order chi connectivity index (χ0) is 11.5. The van der Waals surface area contributed by atoms with Gasteiger partial charge in [-0.05, 0) is 24.0 Å². The summed E-state index contributed by atoms with van der Waals surface area (Å²) in [5.74, 6) is 0. The van der Waals surface area contributed by atoms with Gasteiger partial charge in [-0.2, -0.15) is 0 Å². The summed E-state index contributed by atoms with van der Waals surface area (Å²) in [5, 5.41) is 3.56. The van der Waals surface area contributed by atoms with Gasteiger partial charge in [-0.1, -0.05) is 37.1 Å². The van der Waals surface area contributed by atoms with Crippen LogP contribution >= 0.6 is 0 Å². The van der Waals surface area contributed by atoms with E-state index in [-0.39, 0.29) is 0 Å². The molecule has 3 rings (SSSR count). The van der Waals surface area contributed by atoms with Crippen LogP contribution < -0.4 is 5.32 Å². The second-order valence-electron chi connectivity index (χ2n) is 5.35. The third-order valence-electron chi connectivity index (χ3n) is 4.22. The van der Waals surface area contributed by atoms with Crippen molar-refractivity contribution < 1.29 is 0 Å². The zero-order valence-electron chi connectivity index (χ0n) is 10.5. The average molecular weight is 230 g/mol. The normalized spacial score (nSPS) is 23.1. The largest absolute Gasteiger partial charge is 0.311 e. The molecule has 1 N–H and O–H groups in total. The van der Waals surface area contributed by atoms with Crippen LogP contribution in [0.4, 0.5) is 0 Å². The lowest BCUT2D eigenvalue weighted by molar-refractivity contribution is 0.186. The first kappa shape index (κ1) is 11.2. The van der Waals surface area contributed by atoms with Crippen molar-refractivity contribution in [2.75, 3.05) is 13.1 Å². The predicted octanol–water partition coefficient (Wildman–Crippen LogP) is 2.53. The monoisotopic (exact) mass is 230 g/mol. The maximum Gasteiger partial charge on any atom is 0.0240 e. The van der Waals surface area contributed by atoms with Crippen LogP contribution in [-0.2, 0) is 13.1 Å². The standard InChI is InChI=1S/C15H22N2/c1-2-6-14-12-17(15-7-3-4-8-15)10-9-16-11-13(14)5-1/h1-2,5-6,15-16H,3-4,7-12H2. The van der Waals surface area contributed by atoms with Gasteiger partial charge in [-0.3, -0.25) is 4.90 Å². The molecule has 1 heterocycles. The Morgan fingerprint density at radius 1 is 1.06 bits per heavy atom. The van der Waals surface area contributed by atoms with Gasteiger partial charge in [-0.25, -0.2) is 0 Å². The van der Waals surface area contributed by atoms with Gasteiger partial charge in [0, 0.05) is 32.2 Å². The first-order chi connectivity index (χ1) is 8.43. The summed E-state index contributed by atoms with van der Waals surface area (Å²) < 4.78 is 0. The van der Waals surface area contributed by atoms with Crippen LogP contribution in [0.2, 0.25) is 0 Å². The number of fused-ring (bicyclic) bond motifs is 1. The third-order valence-corrected chi connectivity index (χ3v) is 4.22. The van der Waals surface area contributed by atoms with Crippen LogP contribution in [0.25, 0.3) is 0 Å². The Bertz CT molecular complexity index is 369. The molecule has 0 bridgehead atoms. The van der Waals surface area contributed by atoms with E-state index in [2.05, 4.69) is 34.5 Å². The molecule has 2 nitrogen and oxygen atoms in total. The first-order valence-corrected chi connectivity index (χ1v) is 6.95. The Hall–Kier alpha value is -0.860. The van der Waals surface area contributed by atoms with E-state index < -0.39 is 0 Å². The fourth-order valence-electron chi connectivity index (χ4n) is 3.21. The highest BCUT2D eigenvalue weighted by atomic mass is 15.2. The Kier molecular flexibility index (Phi) is 3.44. The number of nitrogens with one attached hydrogen (secondary N) is 1. The molecule has 1 saturated carbocycles. The molecule has 0 saturated heterocycles. The second-order valence-corrected chi connectivity index (χ2v) is 5.35. The molecular formula is C15H22N2. The third kappa shape index (κ3) is 2.53. The summed E-state index contributed by atoms with van der Waals surface area (Å²) >= 11 is 0. The minimum absolute atomic E-state index is 0.836. The molecule has 1 aromatic rings. The van der Waals surface area contributed by atoms with Gasteiger partial charge in [0.1, 0.15) is 0 Å². The molecule has 17 heavy (non-hydrogen) atoms. The maximum absolute atomic E-state index is 3.56. The lowest BCUT2D eigenvalue weighted by Crippen LogP contribution is -2.40. The molecule has 2 heteroatoms. The van der Waals surface area contributed by atoms with E-state index in [4.69, 9.17) is 0 Å². The smallest absolute Gasteiger partial charge is 0.0240 e. The highest BCUT2D eigenvalue weighted by molar-refractivity contribution is 5.27. The fourth-order valence-corrected chi connectivity index (χ4v) is 3.21. The summed E-state index contributed by atoms with van der Waals surface area (Å²) in [5.41, 5.74) is 3.00. The van der Waals surface area contributed by atoms with Crippen molar-refractivity contribution in [3.05, 3.63) is 35.4 Å². The van der Waals surface area contributed by atoms with Crippen LogP contribution in [0.3, 0.4) is 0 Å². The summed E-state index contributed by atoms with van der Waals surface area (Å²) in [4.78, 5) is 2.69. The molecule has 1 aromatic carbocycles. The van der Waals surface area contributed by atoms with E-state index >= 15 is 0 Å². The first-order valence-electron chi connectivity index (χ1n) is 6.95. The Morgan fingerprint density at radius 3 is 2.65 bits per heavy atom. The molecular weight excluding hydrogens is 208 g/mol. The summed E-state index contributed by atoms with van der Waals surface area (Å²) in [6.07, 6.45) is 5.66. The molecule has 0 spiro atoms. The lowest BCUT2D eigenvalue weighted by Gasteiger charge is -2.31. The average Bonchev–Trinajstić information content (AvgIpc) is 2.83. The molecule has 0 unspecified atom stereocenters. The number of rotatable bonds is 1. The SMILES string of the molecule is c1ccc2c(c1)CNCCN(C1CCCC1)C2. The van der Waals surface area contributed by atoms with Gasteiger partial charge in [0.05, 0.1) is 0 Å². The molecule has 1 aliphatic carbocycles. The Labute approximate surface area is 104 Å². The van der Waals surface area contributed by atoms with E-state index in [1.165, 1.54) is 43.4 Å². The predicted molar refractivity (Wildman–Crippen MR) is 70.8 cm³/mol. The van der Waals surface area contributed by atoms with Gasteiger partial charge in [0.2, 0.25) is 0 Å². The van der Waals surface area contributed by atoms with Crippen molar-refractivity contribution in [3.63, 3.8) is 0 Å². The van der Waals surface area contributed by atoms with Gasteiger partial charge in [0.15, 0.2) is 0 Å². The van der Waals surface area contributed by atoms with Crippen LogP contribution in [0.5, 0.6) is 0 Å². The van der Waals surface area contributed by atoms with Crippen molar-refractivity contribution in [2.24, 2.45) is 0 Å². The van der Waals surface area contributed by atoms with Crippen LogP contribution in [-0.4, -0.2) is 24.0 Å². The van der Waals surface area contributed by atoms with Gasteiger partial charge >= 0.3 is 0 Å². The van der Waals surface area contributed by atoms with Gasteiger partial charge in [0.25, 0.3) is 0 Å². The molecule has 1 fully saturated rings. The number of hydrogen-bond acceptors (Lipinski definition) is 2. The summed E-state index contributed by atoms with van der Waals surface area (Å²) in [6, 6.07) is 9.73. The Morgan fingerprint density at radius 2 is 1.82 bits per heavy atom. The topological polar surface area (TPSA) is 15.3 Å². The Balaban J connectivity index is 1.79. The highest BCUT2D eigenvalue weighted by Crippen LogP contribution is 2.25. The molecule has 0 amide bonds. The van der Waals surface area contributed by atoms with E-state index in [1.807, 2.05) is 0 Å². The van der Waals surface area contributed by atoms with Crippen molar-refractivity contribution in [3.8, 4) is 0 Å². The number of nitrogens with zero attached hydrogens (tertiary/aromatic N) is 1. The van der Waals surface area contributed by atoms with E-state index in [1.54, 1.807) is 0 Å². The van der Waals surface area contributed by atoms with Crippen molar-refractivity contribution >= 4 is 0 Å². The van der Waals surface area contributed by atoms with E-state index in [0.717, 1.165) is 25.7 Å². The van der Waals surface area contributed by atoms with Crippen LogP contribution in [0, 0.1) is 0 Å². The number of hydrogen-bond donors (Lipinski definition) is 1. The minimum atomic E-state index is 0.836. The van der Waals surface area contributed by atoms with E-state index in [0.29, 0.717) is 0 Å². The van der Waals surface area contributed by atoms with Gasteiger partial charge < -0.3 is 5.32 Å². The minimum Gasteiger partial charge on any atom is -0.311 e. The molecule has 0 atom stereocenters. The molecule has 2 aliphatic rings. The molecule has 92 valence electrons.